The van der Waals surface area contributed by atoms with Crippen molar-refractivity contribution in [1.82, 2.24) is 0 Å². The fourth-order valence-electron chi connectivity index (χ4n) is 2.91. The van der Waals surface area contributed by atoms with Gasteiger partial charge < -0.3 is 38.9 Å². The minimum Gasteiger partial charge on any atom is -0.458 e. The number of ether oxygens (including phenoxy) is 7. The van der Waals surface area contributed by atoms with E-state index >= 15 is 0 Å². The molecule has 0 spiro atoms. The molecule has 0 radical (unpaired) electrons. The first-order valence-electron chi connectivity index (χ1n) is 13.8. The third kappa shape index (κ3) is 15.1. The molecule has 1 aromatic carbocycles. The van der Waals surface area contributed by atoms with Gasteiger partial charge in [-0.25, -0.2) is 14.4 Å². The van der Waals surface area contributed by atoms with Gasteiger partial charge in [-0.2, -0.15) is 0 Å². The fraction of sp³-hybridized carbons (Fsp3) is 0.655. The number of nitrogens with two attached hydrogens (primary N) is 1. The Bertz CT molecular complexity index is 993. The molecule has 1 aromatic rings. The highest BCUT2D eigenvalue weighted by molar-refractivity contribution is 5.76. The Labute approximate surface area is 242 Å². The third-order valence-corrected chi connectivity index (χ3v) is 5.38. The molecule has 0 saturated carbocycles. The van der Waals surface area contributed by atoms with E-state index < -0.39 is 42.7 Å². The van der Waals surface area contributed by atoms with E-state index in [0.717, 1.165) is 0 Å². The summed E-state index contributed by atoms with van der Waals surface area (Å²) in [7, 11) is 0. The number of rotatable bonds is 15. The van der Waals surface area contributed by atoms with Crippen LogP contribution >= 0.6 is 0 Å². The Balaban J connectivity index is 2.85. The Morgan fingerprint density at radius 2 is 1.22 bits per heavy atom. The average Bonchev–Trinajstić information content (AvgIpc) is 2.87. The second kappa shape index (κ2) is 18.0. The van der Waals surface area contributed by atoms with Crippen LogP contribution in [0.25, 0.3) is 0 Å². The SMILES string of the molecule is CC(C)CCOC(=O)O[C@@H](C)[C@H](C)OC(=O)[C@@H](N)Cc1ccc(OC(=O)OCC(C)C)c(OC(=O)OCC(C)C)c1. The minimum absolute atomic E-state index is 0.00644. The molecule has 12 heteroatoms. The molecule has 0 bridgehead atoms. The van der Waals surface area contributed by atoms with Crippen molar-refractivity contribution < 1.29 is 52.3 Å². The molecular formula is C29H45NO11. The summed E-state index contributed by atoms with van der Waals surface area (Å²) in [5.41, 5.74) is 6.55. The lowest BCUT2D eigenvalue weighted by atomic mass is 10.1. The quantitative estimate of drug-likeness (QED) is 0.159. The largest absolute Gasteiger partial charge is 0.513 e. The summed E-state index contributed by atoms with van der Waals surface area (Å²) in [5, 5.41) is 0. The topological polar surface area (TPSA) is 159 Å². The lowest BCUT2D eigenvalue weighted by Crippen LogP contribution is -2.39. The Morgan fingerprint density at radius 1 is 0.683 bits per heavy atom. The second-order valence-electron chi connectivity index (χ2n) is 11.0. The zero-order valence-electron chi connectivity index (χ0n) is 25.3. The van der Waals surface area contributed by atoms with E-state index in [0.29, 0.717) is 17.9 Å². The van der Waals surface area contributed by atoms with E-state index in [1.807, 2.05) is 41.5 Å². The van der Waals surface area contributed by atoms with Crippen LogP contribution in [0.15, 0.2) is 18.2 Å². The summed E-state index contributed by atoms with van der Waals surface area (Å²) in [6, 6.07) is 3.23. The monoisotopic (exact) mass is 583 g/mol. The van der Waals surface area contributed by atoms with Crippen molar-refractivity contribution in [2.24, 2.45) is 23.5 Å². The highest BCUT2D eigenvalue weighted by Gasteiger charge is 2.25. The van der Waals surface area contributed by atoms with Crippen LogP contribution in [-0.2, 0) is 34.9 Å². The normalized spacial score (nSPS) is 13.3. The molecule has 0 amide bonds. The highest BCUT2D eigenvalue weighted by Crippen LogP contribution is 2.30. The third-order valence-electron chi connectivity index (χ3n) is 5.38. The molecule has 0 saturated heterocycles. The van der Waals surface area contributed by atoms with Gasteiger partial charge >= 0.3 is 24.4 Å². The van der Waals surface area contributed by atoms with Gasteiger partial charge in [0.2, 0.25) is 0 Å². The molecule has 41 heavy (non-hydrogen) atoms. The fourth-order valence-corrected chi connectivity index (χ4v) is 2.91. The van der Waals surface area contributed by atoms with Gasteiger partial charge in [0.05, 0.1) is 19.8 Å². The van der Waals surface area contributed by atoms with E-state index in [9.17, 15) is 19.2 Å². The maximum absolute atomic E-state index is 12.6. The molecule has 3 atom stereocenters. The number of hydrogen-bond donors (Lipinski definition) is 1. The van der Waals surface area contributed by atoms with Crippen molar-refractivity contribution in [3.63, 3.8) is 0 Å². The predicted molar refractivity (Wildman–Crippen MR) is 149 cm³/mol. The van der Waals surface area contributed by atoms with E-state index in [1.54, 1.807) is 19.9 Å². The summed E-state index contributed by atoms with van der Waals surface area (Å²) < 4.78 is 36.1. The number of hydrogen-bond acceptors (Lipinski definition) is 12. The first-order chi connectivity index (χ1) is 19.2. The van der Waals surface area contributed by atoms with Gasteiger partial charge in [-0.1, -0.05) is 47.6 Å². The Kier molecular flexibility index (Phi) is 15.6. The van der Waals surface area contributed by atoms with Crippen LogP contribution in [0.3, 0.4) is 0 Å². The van der Waals surface area contributed by atoms with Gasteiger partial charge in [-0.05, 0) is 62.1 Å². The van der Waals surface area contributed by atoms with Crippen molar-refractivity contribution in [3.8, 4) is 11.5 Å². The van der Waals surface area contributed by atoms with Gasteiger partial charge in [0.15, 0.2) is 11.5 Å². The maximum atomic E-state index is 12.6. The summed E-state index contributed by atoms with van der Waals surface area (Å²) in [5.74, 6) is -0.403. The van der Waals surface area contributed by atoms with E-state index in [-0.39, 0.29) is 49.6 Å². The highest BCUT2D eigenvalue weighted by atomic mass is 16.7. The van der Waals surface area contributed by atoms with Crippen molar-refractivity contribution in [3.05, 3.63) is 23.8 Å². The van der Waals surface area contributed by atoms with E-state index in [4.69, 9.17) is 38.9 Å². The maximum Gasteiger partial charge on any atom is 0.513 e. The number of benzene rings is 1. The Morgan fingerprint density at radius 3 is 1.76 bits per heavy atom. The average molecular weight is 584 g/mol. The van der Waals surface area contributed by atoms with Crippen LogP contribution in [0.2, 0.25) is 0 Å². The van der Waals surface area contributed by atoms with Crippen molar-refractivity contribution in [2.75, 3.05) is 19.8 Å². The molecule has 0 aliphatic carbocycles. The van der Waals surface area contributed by atoms with Gasteiger partial charge in [-0.3, -0.25) is 4.79 Å². The molecule has 0 fully saturated rings. The number of carbonyl (C=O) groups excluding carboxylic acids is 4. The van der Waals surface area contributed by atoms with Crippen LogP contribution in [-0.4, -0.2) is 62.5 Å². The number of carbonyl (C=O) groups is 4. The first-order valence-corrected chi connectivity index (χ1v) is 13.8. The van der Waals surface area contributed by atoms with Crippen LogP contribution in [0.1, 0.15) is 67.4 Å². The molecule has 0 aromatic heterocycles. The molecular weight excluding hydrogens is 538 g/mol. The van der Waals surface area contributed by atoms with Crippen molar-refractivity contribution >= 4 is 24.4 Å². The lowest BCUT2D eigenvalue weighted by Gasteiger charge is -2.22. The second-order valence-corrected chi connectivity index (χ2v) is 11.0. The molecule has 2 N–H and O–H groups in total. The van der Waals surface area contributed by atoms with Crippen molar-refractivity contribution in [1.29, 1.82) is 0 Å². The zero-order valence-corrected chi connectivity index (χ0v) is 25.3. The van der Waals surface area contributed by atoms with Crippen LogP contribution in [0, 0.1) is 17.8 Å². The summed E-state index contributed by atoms with van der Waals surface area (Å²) in [4.78, 5) is 48.8. The molecule has 0 aliphatic rings. The molecule has 0 unspecified atom stereocenters. The van der Waals surface area contributed by atoms with Crippen LogP contribution in [0.4, 0.5) is 14.4 Å². The van der Waals surface area contributed by atoms with E-state index in [2.05, 4.69) is 0 Å². The lowest BCUT2D eigenvalue weighted by molar-refractivity contribution is -0.155. The van der Waals surface area contributed by atoms with Gasteiger partial charge in [-0.15, -0.1) is 0 Å². The van der Waals surface area contributed by atoms with Crippen molar-refractivity contribution in [2.45, 2.75) is 86.5 Å². The predicted octanol–water partition coefficient (Wildman–Crippen LogP) is 5.42. The molecule has 1 rings (SSSR count). The molecule has 0 heterocycles. The summed E-state index contributed by atoms with van der Waals surface area (Å²) in [6.07, 6.45) is -3.70. The van der Waals surface area contributed by atoms with Crippen LogP contribution < -0.4 is 15.2 Å². The Hall–Kier alpha value is -3.54. The standard InChI is InChI=1S/C29H45NO11/c1-17(2)11-12-35-27(32)39-21(8)20(7)38-26(31)23(30)13-22-9-10-24(40-28(33)36-15-18(3)4)25(14-22)41-29(34)37-16-19(5)6/h9-10,14,17-21,23H,11-13,15-16,30H2,1-8H3/t20-,21-,23-/m0/s1. The molecule has 0 aliphatic heterocycles. The molecule has 232 valence electrons. The van der Waals surface area contributed by atoms with Gasteiger partial charge in [0.25, 0.3) is 0 Å². The van der Waals surface area contributed by atoms with Gasteiger partial charge in [0.1, 0.15) is 18.2 Å². The zero-order chi connectivity index (χ0) is 31.1. The smallest absolute Gasteiger partial charge is 0.458 e. The summed E-state index contributed by atoms with van der Waals surface area (Å²) in [6.45, 7) is 15.1. The number of esters is 1. The van der Waals surface area contributed by atoms with Crippen LogP contribution in [0.5, 0.6) is 11.5 Å². The minimum atomic E-state index is -1.11. The summed E-state index contributed by atoms with van der Waals surface area (Å²) >= 11 is 0. The van der Waals surface area contributed by atoms with E-state index in [1.165, 1.54) is 12.1 Å². The molecule has 12 nitrogen and oxygen atoms in total. The first kappa shape index (κ1) is 35.5. The van der Waals surface area contributed by atoms with Gasteiger partial charge in [0, 0.05) is 0 Å².